The fraction of sp³-hybridized carbons (Fsp3) is 0.333. The summed E-state index contributed by atoms with van der Waals surface area (Å²) < 4.78 is 80.4. The molecule has 0 heterocycles. The molecule has 0 fully saturated rings. The van der Waals surface area contributed by atoms with E-state index < -0.39 is 46.7 Å². The zero-order chi connectivity index (χ0) is 20.3. The second-order valence-corrected chi connectivity index (χ2v) is 9.43. The minimum Gasteiger partial charge on any atom is -0.743 e. The van der Waals surface area contributed by atoms with Gasteiger partial charge in [-0.25, -0.2) is 22.4 Å². The maximum absolute atomic E-state index is 13.1. The van der Waals surface area contributed by atoms with Crippen molar-refractivity contribution >= 4 is 89.8 Å². The smallest absolute Gasteiger partial charge is 0.368 e. The van der Waals surface area contributed by atoms with Gasteiger partial charge >= 0.3 is 17.2 Å². The molecule has 0 aromatic heterocycles. The van der Waals surface area contributed by atoms with Gasteiger partial charge in [-0.15, -0.1) is 0 Å². The summed E-state index contributed by atoms with van der Waals surface area (Å²) in [6.07, 6.45) is -3.55. The molecular formula is C12H7F3I3O7S-. The molecule has 14 heteroatoms. The van der Waals surface area contributed by atoms with Crippen LogP contribution in [0.4, 0.5) is 13.2 Å². The van der Waals surface area contributed by atoms with Crippen molar-refractivity contribution in [2.75, 3.05) is 13.2 Å². The molecule has 0 spiro atoms. The molecule has 0 bridgehead atoms. The quantitative estimate of drug-likeness (QED) is 0.184. The van der Waals surface area contributed by atoms with E-state index in [1.165, 1.54) is 6.07 Å². The predicted octanol–water partition coefficient (Wildman–Crippen LogP) is 2.68. The standard InChI is InChI=1S/C12H8F3I3O7S/c13-8(12(14,15)26(21,22)23)3-24-9(19)4-25-11(20)6-1-5(16)2-7(17)10(6)18/h1-2,8H,3-4H2,(H,21,22,23)/p-1. The highest BCUT2D eigenvalue weighted by atomic mass is 127. The molecule has 0 aliphatic rings. The van der Waals surface area contributed by atoms with Crippen molar-refractivity contribution in [2.24, 2.45) is 0 Å². The number of hydrogen-bond donors (Lipinski definition) is 0. The number of rotatable bonds is 7. The van der Waals surface area contributed by atoms with Gasteiger partial charge in [0.25, 0.3) is 0 Å². The van der Waals surface area contributed by atoms with Crippen molar-refractivity contribution in [1.29, 1.82) is 0 Å². The Morgan fingerprint density at radius 1 is 1.19 bits per heavy atom. The van der Waals surface area contributed by atoms with Crippen molar-refractivity contribution < 1.29 is 45.2 Å². The van der Waals surface area contributed by atoms with Crippen LogP contribution in [-0.2, 0) is 24.4 Å². The van der Waals surface area contributed by atoms with Gasteiger partial charge in [0, 0.05) is 10.7 Å². The van der Waals surface area contributed by atoms with Gasteiger partial charge in [-0.05, 0) is 79.9 Å². The van der Waals surface area contributed by atoms with E-state index in [2.05, 4.69) is 9.47 Å². The van der Waals surface area contributed by atoms with Crippen LogP contribution in [0, 0.1) is 10.7 Å². The molecule has 1 unspecified atom stereocenters. The molecule has 0 amide bonds. The van der Waals surface area contributed by atoms with E-state index in [1.807, 2.05) is 67.8 Å². The molecule has 1 atom stereocenters. The first-order chi connectivity index (χ1) is 11.8. The lowest BCUT2D eigenvalue weighted by Gasteiger charge is -2.22. The van der Waals surface area contributed by atoms with Gasteiger partial charge in [-0.2, -0.15) is 8.78 Å². The Morgan fingerprint density at radius 3 is 2.31 bits per heavy atom. The maximum Gasteiger partial charge on any atom is 0.368 e. The van der Waals surface area contributed by atoms with Crippen LogP contribution in [0.2, 0.25) is 0 Å². The number of carbonyl (C=O) groups excluding carboxylic acids is 2. The fourth-order valence-electron chi connectivity index (χ4n) is 1.37. The largest absolute Gasteiger partial charge is 0.743 e. The first-order valence-electron chi connectivity index (χ1n) is 6.22. The highest BCUT2D eigenvalue weighted by molar-refractivity contribution is 14.1. The SMILES string of the molecule is O=C(COC(=O)c1cc(I)cc(I)c1I)OCC(F)C(F)(F)S(=O)(=O)[O-]. The number of hydrogen-bond acceptors (Lipinski definition) is 7. The Kier molecular flexibility index (Phi) is 8.80. The molecule has 0 aliphatic carbocycles. The molecule has 26 heavy (non-hydrogen) atoms. The monoisotopic (exact) mass is 733 g/mol. The Balaban J connectivity index is 2.62. The molecular weight excluding hydrogens is 726 g/mol. The first-order valence-corrected chi connectivity index (χ1v) is 10.9. The molecule has 1 aromatic carbocycles. The Labute approximate surface area is 186 Å². The predicted molar refractivity (Wildman–Crippen MR) is 105 cm³/mol. The van der Waals surface area contributed by atoms with Crippen LogP contribution in [0.25, 0.3) is 0 Å². The average Bonchev–Trinajstić information content (AvgIpc) is 2.52. The maximum atomic E-state index is 13.1. The van der Waals surface area contributed by atoms with E-state index in [-0.39, 0.29) is 5.56 Å². The summed E-state index contributed by atoms with van der Waals surface area (Å²) in [5, 5.41) is -5.25. The van der Waals surface area contributed by atoms with Gasteiger partial charge < -0.3 is 14.0 Å². The van der Waals surface area contributed by atoms with Crippen LogP contribution >= 0.6 is 67.8 Å². The van der Waals surface area contributed by atoms with E-state index in [1.54, 1.807) is 6.07 Å². The summed E-state index contributed by atoms with van der Waals surface area (Å²) in [7, 11) is -6.26. The second-order valence-electron chi connectivity index (χ2n) is 4.49. The van der Waals surface area contributed by atoms with Gasteiger partial charge in [0.2, 0.25) is 6.17 Å². The van der Waals surface area contributed by atoms with Crippen molar-refractivity contribution in [3.8, 4) is 0 Å². The van der Waals surface area contributed by atoms with Crippen LogP contribution < -0.4 is 0 Å². The van der Waals surface area contributed by atoms with E-state index in [0.717, 1.165) is 7.14 Å². The van der Waals surface area contributed by atoms with Crippen LogP contribution in [-0.4, -0.2) is 49.5 Å². The molecule has 0 saturated carbocycles. The third-order valence-electron chi connectivity index (χ3n) is 2.62. The molecule has 1 aromatic rings. The summed E-state index contributed by atoms with van der Waals surface area (Å²) in [5.41, 5.74) is 0.155. The first kappa shape index (κ1) is 24.1. The van der Waals surface area contributed by atoms with Crippen LogP contribution in [0.15, 0.2) is 12.1 Å². The summed E-state index contributed by atoms with van der Waals surface area (Å²) in [6, 6.07) is 3.29. The van der Waals surface area contributed by atoms with Crippen LogP contribution in [0.1, 0.15) is 10.4 Å². The van der Waals surface area contributed by atoms with Crippen molar-refractivity contribution in [1.82, 2.24) is 0 Å². The highest BCUT2D eigenvalue weighted by Gasteiger charge is 2.48. The van der Waals surface area contributed by atoms with Gasteiger partial charge in [0.05, 0.1) is 5.56 Å². The summed E-state index contributed by atoms with van der Waals surface area (Å²) >= 11 is 5.84. The number of esters is 2. The molecule has 0 N–H and O–H groups in total. The molecule has 7 nitrogen and oxygen atoms in total. The normalized spacial score (nSPS) is 13.2. The number of alkyl halides is 3. The van der Waals surface area contributed by atoms with E-state index in [0.29, 0.717) is 3.57 Å². The Morgan fingerprint density at radius 2 is 1.77 bits per heavy atom. The minimum atomic E-state index is -6.26. The number of benzene rings is 1. The lowest BCUT2D eigenvalue weighted by atomic mass is 10.2. The fourth-order valence-corrected chi connectivity index (χ4v) is 4.13. The molecule has 1 rings (SSSR count). The number of halogens is 6. The minimum absolute atomic E-state index is 0.155. The van der Waals surface area contributed by atoms with Gasteiger partial charge in [-0.3, -0.25) is 0 Å². The van der Waals surface area contributed by atoms with Crippen LogP contribution in [0.5, 0.6) is 0 Å². The Bertz CT molecular complexity index is 817. The van der Waals surface area contributed by atoms with Crippen LogP contribution in [0.3, 0.4) is 0 Å². The summed E-state index contributed by atoms with van der Waals surface area (Å²) in [5.74, 6) is -2.29. The lowest BCUT2D eigenvalue weighted by molar-refractivity contribution is -0.152. The molecule has 0 radical (unpaired) electrons. The van der Waals surface area contributed by atoms with E-state index in [9.17, 15) is 35.7 Å². The van der Waals surface area contributed by atoms with E-state index >= 15 is 0 Å². The average molecular weight is 733 g/mol. The van der Waals surface area contributed by atoms with Crippen molar-refractivity contribution in [2.45, 2.75) is 11.4 Å². The second kappa shape index (κ2) is 9.50. The number of carbonyl (C=O) groups is 2. The zero-order valence-electron chi connectivity index (χ0n) is 12.2. The highest BCUT2D eigenvalue weighted by Crippen LogP contribution is 2.27. The molecule has 0 aliphatic heterocycles. The topological polar surface area (TPSA) is 110 Å². The molecule has 0 saturated heterocycles. The van der Waals surface area contributed by atoms with Crippen molar-refractivity contribution in [3.05, 3.63) is 28.4 Å². The van der Waals surface area contributed by atoms with E-state index in [4.69, 9.17) is 0 Å². The zero-order valence-corrected chi connectivity index (χ0v) is 19.5. The molecule has 146 valence electrons. The van der Waals surface area contributed by atoms with Gasteiger partial charge in [0.1, 0.15) is 6.61 Å². The van der Waals surface area contributed by atoms with Gasteiger partial charge in [0.15, 0.2) is 16.7 Å². The van der Waals surface area contributed by atoms with Gasteiger partial charge in [-0.1, -0.05) is 0 Å². The Hall–Kier alpha value is 0.0500. The third kappa shape index (κ3) is 6.30. The lowest BCUT2D eigenvalue weighted by Crippen LogP contribution is -2.41. The summed E-state index contributed by atoms with van der Waals surface area (Å²) in [4.78, 5) is 23.3. The number of ether oxygens (including phenoxy) is 2. The summed E-state index contributed by atoms with van der Waals surface area (Å²) in [6.45, 7) is -2.71. The third-order valence-corrected chi connectivity index (χ3v) is 7.21. The van der Waals surface area contributed by atoms with Crippen molar-refractivity contribution in [3.63, 3.8) is 0 Å².